The first-order valence-corrected chi connectivity index (χ1v) is 12.6. The molecule has 0 amide bonds. The Morgan fingerprint density at radius 2 is 1.83 bits per heavy atom. The van der Waals surface area contributed by atoms with Crippen LogP contribution in [0, 0.1) is 18.3 Å². The smallest absolute Gasteiger partial charge is 0.268 e. The highest BCUT2D eigenvalue weighted by Gasteiger charge is 2.23. The molecule has 4 rings (SSSR count). The van der Waals surface area contributed by atoms with Gasteiger partial charge in [0.1, 0.15) is 5.69 Å². The molecule has 0 radical (unpaired) electrons. The van der Waals surface area contributed by atoms with Crippen LogP contribution in [0.4, 0.5) is 0 Å². The van der Waals surface area contributed by atoms with Gasteiger partial charge in [0.05, 0.1) is 34.1 Å². The fourth-order valence-electron chi connectivity index (χ4n) is 3.48. The molecule has 0 fully saturated rings. The first-order chi connectivity index (χ1) is 16.7. The number of aryl methyl sites for hydroxylation is 1. The van der Waals surface area contributed by atoms with Gasteiger partial charge in [-0.3, -0.25) is 14.1 Å². The van der Waals surface area contributed by atoms with Gasteiger partial charge in [-0.15, -0.1) is 10.2 Å². The molecule has 182 valence electrons. The van der Waals surface area contributed by atoms with Crippen LogP contribution >= 0.6 is 10.6 Å². The van der Waals surface area contributed by atoms with Crippen molar-refractivity contribution in [2.45, 2.75) is 37.5 Å². The molecule has 0 saturated heterocycles. The minimum atomic E-state index is -3.02. The molecule has 0 aliphatic carbocycles. The third-order valence-corrected chi connectivity index (χ3v) is 7.82. The van der Waals surface area contributed by atoms with Crippen LogP contribution in [0.25, 0.3) is 34.3 Å². The predicted molar refractivity (Wildman–Crippen MR) is 137 cm³/mol. The van der Waals surface area contributed by atoms with Gasteiger partial charge in [0.25, 0.3) is 5.89 Å². The molecule has 0 atom stereocenters. The van der Waals surface area contributed by atoms with Crippen molar-refractivity contribution in [1.29, 1.82) is 5.26 Å². The second-order valence-electron chi connectivity index (χ2n) is 8.29. The van der Waals surface area contributed by atoms with Crippen molar-refractivity contribution < 1.29 is 14.9 Å². The highest BCUT2D eigenvalue weighted by molar-refractivity contribution is 8.24. The molecule has 10 heteroatoms. The van der Waals surface area contributed by atoms with Crippen molar-refractivity contribution in [2.24, 2.45) is 0 Å². The summed E-state index contributed by atoms with van der Waals surface area (Å²) >= 11 is 0. The Balaban J connectivity index is 0.00000361. The molecule has 0 aliphatic heterocycles. The number of rotatable bonds is 7. The first-order valence-electron chi connectivity index (χ1n) is 11.0. The third kappa shape index (κ3) is 4.94. The molecular weight excluding hydrogens is 464 g/mol. The molecule has 0 aliphatic rings. The van der Waals surface area contributed by atoms with Crippen LogP contribution in [0.5, 0.6) is 0 Å². The number of benzene rings is 2. The number of nitriles is 1. The van der Waals surface area contributed by atoms with E-state index in [4.69, 9.17) is 4.42 Å². The number of nitrogens with one attached hydrogen (secondary N) is 1. The molecule has 0 saturated carbocycles. The molecule has 2 heterocycles. The van der Waals surface area contributed by atoms with E-state index in [0.717, 1.165) is 17.7 Å². The van der Waals surface area contributed by atoms with Crippen LogP contribution < -0.4 is 5.32 Å². The summed E-state index contributed by atoms with van der Waals surface area (Å²) in [7, 11) is -1.13. The van der Waals surface area contributed by atoms with E-state index >= 15 is 0 Å². The summed E-state index contributed by atoms with van der Waals surface area (Å²) in [6.45, 7) is 6.00. The fraction of sp³-hybridized carbons (Fsp3) is 0.240. The summed E-state index contributed by atoms with van der Waals surface area (Å²) in [5.74, 6) is 0.582. The number of aromatic nitrogens is 4. The number of hydrogen-bond acceptors (Lipinski definition) is 9. The Labute approximate surface area is 206 Å². The standard InChI is InChI=1S/C25H26N6O3S.H2/c1-15(2)35(32,33)20-9-10-21(19(11-20)12-26)22-14-28-16(3)23(29-22)25-31-30-24(34-25)18-7-5-17(6-8-18)13-27-4;/h5-11,14-15,27,32-33H,13H2,1-4H3;1H. The van der Waals surface area contributed by atoms with Gasteiger partial charge >= 0.3 is 0 Å². The second-order valence-corrected chi connectivity index (χ2v) is 10.9. The van der Waals surface area contributed by atoms with Gasteiger partial charge in [-0.1, -0.05) is 12.1 Å². The van der Waals surface area contributed by atoms with Crippen molar-refractivity contribution in [3.63, 3.8) is 0 Å². The zero-order valence-corrected chi connectivity index (χ0v) is 20.7. The predicted octanol–water partition coefficient (Wildman–Crippen LogP) is 5.52. The van der Waals surface area contributed by atoms with E-state index in [1.54, 1.807) is 39.1 Å². The van der Waals surface area contributed by atoms with E-state index in [9.17, 15) is 14.4 Å². The van der Waals surface area contributed by atoms with E-state index < -0.39 is 10.6 Å². The maximum atomic E-state index is 10.5. The maximum Gasteiger partial charge on any atom is 0.268 e. The Morgan fingerprint density at radius 3 is 2.49 bits per heavy atom. The van der Waals surface area contributed by atoms with Gasteiger partial charge < -0.3 is 9.73 Å². The van der Waals surface area contributed by atoms with Crippen molar-refractivity contribution in [3.8, 4) is 40.4 Å². The Morgan fingerprint density at radius 1 is 1.11 bits per heavy atom. The van der Waals surface area contributed by atoms with E-state index in [1.807, 2.05) is 31.3 Å². The first kappa shape index (κ1) is 24.5. The van der Waals surface area contributed by atoms with Crippen LogP contribution in [0.3, 0.4) is 0 Å². The molecule has 2 aromatic heterocycles. The minimum absolute atomic E-state index is 0. The Bertz CT molecular complexity index is 1400. The lowest BCUT2D eigenvalue weighted by Gasteiger charge is -2.36. The zero-order chi connectivity index (χ0) is 25.2. The molecule has 0 bridgehead atoms. The second kappa shape index (κ2) is 9.93. The van der Waals surface area contributed by atoms with Gasteiger partial charge in [-0.05, 0) is 63.7 Å². The summed E-state index contributed by atoms with van der Waals surface area (Å²) in [6, 6.07) is 14.7. The summed E-state index contributed by atoms with van der Waals surface area (Å²) < 4.78 is 26.9. The van der Waals surface area contributed by atoms with Crippen LogP contribution in [-0.4, -0.2) is 41.6 Å². The summed E-state index contributed by atoms with van der Waals surface area (Å²) in [6.07, 6.45) is 1.56. The lowest BCUT2D eigenvalue weighted by atomic mass is 10.1. The molecule has 3 N–H and O–H groups in total. The average Bonchev–Trinajstić information content (AvgIpc) is 3.34. The minimum Gasteiger partial charge on any atom is -0.415 e. The largest absolute Gasteiger partial charge is 0.415 e. The fourth-order valence-corrected chi connectivity index (χ4v) is 4.59. The Kier molecular flexibility index (Phi) is 6.95. The monoisotopic (exact) mass is 492 g/mol. The molecule has 4 aromatic rings. The topological polar surface area (TPSA) is 141 Å². The van der Waals surface area contributed by atoms with Crippen molar-refractivity contribution in [1.82, 2.24) is 25.5 Å². The van der Waals surface area contributed by atoms with E-state index in [1.165, 1.54) is 6.07 Å². The summed E-state index contributed by atoms with van der Waals surface area (Å²) in [5.41, 5.74) is 4.15. The van der Waals surface area contributed by atoms with Gasteiger partial charge in [0.15, 0.2) is 0 Å². The average molecular weight is 493 g/mol. The van der Waals surface area contributed by atoms with Crippen molar-refractivity contribution in [3.05, 3.63) is 65.5 Å². The number of nitrogens with zero attached hydrogens (tertiary/aromatic N) is 5. The normalized spacial score (nSPS) is 12.1. The molecule has 35 heavy (non-hydrogen) atoms. The molecule has 0 unspecified atom stereocenters. The molecular formula is C25H28N6O3S. The molecule has 2 aromatic carbocycles. The zero-order valence-electron chi connectivity index (χ0n) is 19.9. The Hall–Kier alpha value is -3.62. The van der Waals surface area contributed by atoms with Gasteiger partial charge in [0.2, 0.25) is 5.89 Å². The van der Waals surface area contributed by atoms with E-state index in [2.05, 4.69) is 31.6 Å². The van der Waals surface area contributed by atoms with Crippen molar-refractivity contribution >= 4 is 10.6 Å². The quantitative estimate of drug-likeness (QED) is 0.304. The highest BCUT2D eigenvalue weighted by atomic mass is 32.3. The van der Waals surface area contributed by atoms with Crippen LogP contribution in [0.1, 0.15) is 32.1 Å². The maximum absolute atomic E-state index is 10.5. The lowest BCUT2D eigenvalue weighted by Crippen LogP contribution is -2.10. The molecule has 9 nitrogen and oxygen atoms in total. The van der Waals surface area contributed by atoms with Crippen molar-refractivity contribution in [2.75, 3.05) is 7.05 Å². The van der Waals surface area contributed by atoms with Gasteiger partial charge in [0, 0.05) is 24.3 Å². The lowest BCUT2D eigenvalue weighted by molar-refractivity contribution is 0.476. The summed E-state index contributed by atoms with van der Waals surface area (Å²) in [4.78, 5) is 9.39. The summed E-state index contributed by atoms with van der Waals surface area (Å²) in [5, 5.41) is 20.8. The van der Waals surface area contributed by atoms with E-state index in [0.29, 0.717) is 33.4 Å². The van der Waals surface area contributed by atoms with Crippen LogP contribution in [-0.2, 0) is 6.54 Å². The third-order valence-electron chi connectivity index (χ3n) is 5.56. The van der Waals surface area contributed by atoms with Gasteiger partial charge in [-0.25, -0.2) is 4.98 Å². The number of hydrogen-bond donors (Lipinski definition) is 3. The van der Waals surface area contributed by atoms with Crippen LogP contribution in [0.15, 0.2) is 58.0 Å². The SMILES string of the molecule is CNCc1ccc(-c2nnc(-c3nc(-c4ccc(S(O)(O)C(C)C)cc4C#N)cnc3C)o2)cc1.[HH]. The van der Waals surface area contributed by atoms with Crippen LogP contribution in [0.2, 0.25) is 0 Å². The highest BCUT2D eigenvalue weighted by Crippen LogP contribution is 2.52. The van der Waals surface area contributed by atoms with Gasteiger partial charge in [-0.2, -0.15) is 15.9 Å². The van der Waals surface area contributed by atoms with E-state index in [-0.39, 0.29) is 18.1 Å². The molecule has 0 spiro atoms.